The Hall–Kier alpha value is -3.31. The molecule has 3 aromatic rings. The Kier molecular flexibility index (Phi) is 7.87. The van der Waals surface area contributed by atoms with Crippen molar-refractivity contribution in [3.05, 3.63) is 52.9 Å². The van der Waals surface area contributed by atoms with E-state index in [0.29, 0.717) is 34.9 Å². The van der Waals surface area contributed by atoms with E-state index in [1.54, 1.807) is 12.3 Å². The van der Waals surface area contributed by atoms with E-state index in [-0.39, 0.29) is 24.3 Å². The van der Waals surface area contributed by atoms with Crippen LogP contribution in [0.4, 0.5) is 10.9 Å². The van der Waals surface area contributed by atoms with E-state index in [0.717, 1.165) is 55.8 Å². The summed E-state index contributed by atoms with van der Waals surface area (Å²) in [6.07, 6.45) is 8.15. The SMILES string of the molecule is O=C(Cc1ccccn1)Nc1ccc(C[C@H]2CC[C@@H](c3nnc(NC(=O)C[C@H]4CCCO4)s3)C2)nn1. The highest BCUT2D eigenvalue weighted by Crippen LogP contribution is 2.41. The normalized spacial score (nSPS) is 21.4. The van der Waals surface area contributed by atoms with Crippen molar-refractivity contribution < 1.29 is 14.3 Å². The Morgan fingerprint density at radius 1 is 0.972 bits per heavy atom. The van der Waals surface area contributed by atoms with Crippen LogP contribution in [0, 0.1) is 5.92 Å². The molecule has 1 aliphatic carbocycles. The Morgan fingerprint density at radius 3 is 2.69 bits per heavy atom. The Balaban J connectivity index is 1.07. The van der Waals surface area contributed by atoms with E-state index in [1.165, 1.54) is 11.3 Å². The second-order valence-electron chi connectivity index (χ2n) is 9.37. The average molecular weight is 508 g/mol. The van der Waals surface area contributed by atoms with Crippen LogP contribution in [0.25, 0.3) is 0 Å². The molecule has 2 N–H and O–H groups in total. The first-order valence-corrected chi connectivity index (χ1v) is 13.2. The van der Waals surface area contributed by atoms with Crippen molar-refractivity contribution in [1.29, 1.82) is 0 Å². The van der Waals surface area contributed by atoms with E-state index < -0.39 is 0 Å². The van der Waals surface area contributed by atoms with Crippen LogP contribution in [-0.2, 0) is 27.2 Å². The highest BCUT2D eigenvalue weighted by atomic mass is 32.1. The minimum atomic E-state index is -0.172. The molecule has 0 spiro atoms. The lowest BCUT2D eigenvalue weighted by molar-refractivity contribution is -0.118. The van der Waals surface area contributed by atoms with Crippen molar-refractivity contribution in [2.24, 2.45) is 5.92 Å². The van der Waals surface area contributed by atoms with Crippen LogP contribution >= 0.6 is 11.3 Å². The van der Waals surface area contributed by atoms with Crippen molar-refractivity contribution in [3.8, 4) is 0 Å². The Morgan fingerprint density at radius 2 is 1.92 bits per heavy atom. The smallest absolute Gasteiger partial charge is 0.231 e. The number of rotatable bonds is 9. The van der Waals surface area contributed by atoms with Crippen LogP contribution in [0.5, 0.6) is 0 Å². The maximum Gasteiger partial charge on any atom is 0.231 e. The number of nitrogens with zero attached hydrogens (tertiary/aromatic N) is 5. The molecule has 2 amide bonds. The van der Waals surface area contributed by atoms with Crippen molar-refractivity contribution in [1.82, 2.24) is 25.4 Å². The molecule has 2 aliphatic rings. The van der Waals surface area contributed by atoms with E-state index in [4.69, 9.17) is 4.74 Å². The Labute approximate surface area is 213 Å². The summed E-state index contributed by atoms with van der Waals surface area (Å²) in [7, 11) is 0. The zero-order valence-corrected chi connectivity index (χ0v) is 20.7. The first-order valence-electron chi connectivity index (χ1n) is 12.4. The molecule has 11 heteroatoms. The van der Waals surface area contributed by atoms with Gasteiger partial charge in [-0.15, -0.1) is 15.3 Å². The van der Waals surface area contributed by atoms with Gasteiger partial charge in [-0.25, -0.2) is 0 Å². The number of hydrogen-bond acceptors (Lipinski definition) is 9. The summed E-state index contributed by atoms with van der Waals surface area (Å²) in [4.78, 5) is 28.6. The zero-order chi connectivity index (χ0) is 24.7. The lowest BCUT2D eigenvalue weighted by atomic mass is 10.00. The quantitative estimate of drug-likeness (QED) is 0.450. The largest absolute Gasteiger partial charge is 0.378 e. The van der Waals surface area contributed by atoms with Crippen molar-refractivity contribution >= 4 is 34.1 Å². The second-order valence-corrected chi connectivity index (χ2v) is 10.4. The molecule has 3 aromatic heterocycles. The van der Waals surface area contributed by atoms with Crippen LogP contribution in [0.1, 0.15) is 60.8 Å². The van der Waals surface area contributed by atoms with Crippen LogP contribution < -0.4 is 10.6 Å². The number of hydrogen-bond donors (Lipinski definition) is 2. The summed E-state index contributed by atoms with van der Waals surface area (Å²) in [5.41, 5.74) is 1.61. The molecule has 36 heavy (non-hydrogen) atoms. The summed E-state index contributed by atoms with van der Waals surface area (Å²) in [6, 6.07) is 9.20. The molecular formula is C25H29N7O3S. The summed E-state index contributed by atoms with van der Waals surface area (Å²) in [5, 5.41) is 24.2. The lowest BCUT2D eigenvalue weighted by Gasteiger charge is -2.09. The monoisotopic (exact) mass is 507 g/mol. The molecule has 4 heterocycles. The molecule has 0 aromatic carbocycles. The number of amides is 2. The number of carbonyl (C=O) groups excluding carboxylic acids is 2. The summed E-state index contributed by atoms with van der Waals surface area (Å²) in [6.45, 7) is 0.739. The number of carbonyl (C=O) groups is 2. The maximum atomic E-state index is 12.2. The van der Waals surface area contributed by atoms with Gasteiger partial charge in [-0.2, -0.15) is 5.10 Å². The highest BCUT2D eigenvalue weighted by Gasteiger charge is 2.29. The van der Waals surface area contributed by atoms with Crippen LogP contribution in [0.3, 0.4) is 0 Å². The van der Waals surface area contributed by atoms with E-state index in [9.17, 15) is 9.59 Å². The van der Waals surface area contributed by atoms with Gasteiger partial charge in [0.1, 0.15) is 5.01 Å². The van der Waals surface area contributed by atoms with Gasteiger partial charge in [0.2, 0.25) is 16.9 Å². The Bertz CT molecular complexity index is 1170. The van der Waals surface area contributed by atoms with Crippen LogP contribution in [-0.4, -0.2) is 49.9 Å². The van der Waals surface area contributed by atoms with Crippen molar-refractivity contribution in [3.63, 3.8) is 0 Å². The van der Waals surface area contributed by atoms with Gasteiger partial charge in [0.25, 0.3) is 0 Å². The molecule has 0 unspecified atom stereocenters. The highest BCUT2D eigenvalue weighted by molar-refractivity contribution is 7.15. The topological polar surface area (TPSA) is 132 Å². The second kappa shape index (κ2) is 11.6. The standard InChI is InChI=1S/C25H29N7O3S/c33-22(14-18-4-1-2-10-26-18)27-21-9-8-19(29-30-21)13-16-6-7-17(12-16)24-31-32-25(36-24)28-23(34)15-20-5-3-11-35-20/h1-2,4,8-10,16-17,20H,3,5-7,11-15H2,(H,27,30,33)(H,28,32,34)/t16-,17+,20+/m0/s1. The van der Waals surface area contributed by atoms with Gasteiger partial charge in [-0.3, -0.25) is 14.6 Å². The molecule has 0 bridgehead atoms. The fourth-order valence-corrected chi connectivity index (χ4v) is 5.71. The van der Waals surface area contributed by atoms with Gasteiger partial charge >= 0.3 is 0 Å². The van der Waals surface area contributed by atoms with E-state index in [1.807, 2.05) is 24.3 Å². The molecule has 10 nitrogen and oxygen atoms in total. The fourth-order valence-electron chi connectivity index (χ4n) is 4.80. The molecule has 5 rings (SSSR count). The first-order chi connectivity index (χ1) is 17.6. The molecule has 2 fully saturated rings. The summed E-state index contributed by atoms with van der Waals surface area (Å²) in [5.74, 6) is 1.02. The third kappa shape index (κ3) is 6.67. The van der Waals surface area contributed by atoms with E-state index >= 15 is 0 Å². The molecule has 188 valence electrons. The number of anilines is 2. The minimum Gasteiger partial charge on any atom is -0.378 e. The maximum absolute atomic E-state index is 12.2. The van der Waals surface area contributed by atoms with Crippen molar-refractivity contribution in [2.75, 3.05) is 17.2 Å². The molecule has 1 saturated heterocycles. The van der Waals surface area contributed by atoms with Gasteiger partial charge < -0.3 is 15.4 Å². The van der Waals surface area contributed by atoms with Gasteiger partial charge in [0.05, 0.1) is 24.6 Å². The van der Waals surface area contributed by atoms with Gasteiger partial charge in [-0.05, 0) is 68.7 Å². The first kappa shape index (κ1) is 24.4. The number of nitrogens with one attached hydrogen (secondary N) is 2. The molecular weight excluding hydrogens is 478 g/mol. The summed E-state index contributed by atoms with van der Waals surface area (Å²) < 4.78 is 5.53. The third-order valence-electron chi connectivity index (χ3n) is 6.57. The third-order valence-corrected chi connectivity index (χ3v) is 7.57. The zero-order valence-electron chi connectivity index (χ0n) is 19.9. The summed E-state index contributed by atoms with van der Waals surface area (Å²) >= 11 is 1.47. The predicted molar refractivity (Wildman–Crippen MR) is 135 cm³/mol. The van der Waals surface area contributed by atoms with Crippen LogP contribution in [0.2, 0.25) is 0 Å². The number of aromatic nitrogens is 5. The lowest BCUT2D eigenvalue weighted by Crippen LogP contribution is -2.19. The fraction of sp³-hybridized carbons (Fsp3) is 0.480. The number of ether oxygens (including phenoxy) is 1. The average Bonchev–Trinajstić information content (AvgIpc) is 3.64. The predicted octanol–water partition coefficient (Wildman–Crippen LogP) is 3.54. The van der Waals surface area contributed by atoms with Crippen molar-refractivity contribution in [2.45, 2.75) is 63.4 Å². The molecule has 0 radical (unpaired) electrons. The minimum absolute atomic E-state index is 0.0213. The number of pyridine rings is 1. The molecule has 1 aliphatic heterocycles. The van der Waals surface area contributed by atoms with E-state index in [2.05, 4.69) is 36.0 Å². The van der Waals surface area contributed by atoms with Gasteiger partial charge in [0, 0.05) is 24.4 Å². The van der Waals surface area contributed by atoms with Gasteiger partial charge in [-0.1, -0.05) is 17.4 Å². The molecule has 3 atom stereocenters. The van der Waals surface area contributed by atoms with Gasteiger partial charge in [0.15, 0.2) is 5.82 Å². The van der Waals surface area contributed by atoms with Crippen LogP contribution in [0.15, 0.2) is 36.5 Å². The molecule has 1 saturated carbocycles.